The second-order valence-electron chi connectivity index (χ2n) is 7.12. The van der Waals surface area contributed by atoms with Crippen LogP contribution in [0.25, 0.3) is 0 Å². The van der Waals surface area contributed by atoms with Crippen molar-refractivity contribution in [2.45, 2.75) is 52.7 Å². The lowest BCUT2D eigenvalue weighted by Crippen LogP contribution is -2.41. The minimum atomic E-state index is -0.492. The van der Waals surface area contributed by atoms with Crippen molar-refractivity contribution < 1.29 is 18.8 Å². The average Bonchev–Trinajstić information content (AvgIpc) is 2.95. The van der Waals surface area contributed by atoms with Gasteiger partial charge in [0, 0.05) is 25.1 Å². The smallest absolute Gasteiger partial charge is 0.410 e. The lowest BCUT2D eigenvalue weighted by atomic mass is 9.98. The lowest BCUT2D eigenvalue weighted by molar-refractivity contribution is -0.115. The van der Waals surface area contributed by atoms with E-state index in [0.29, 0.717) is 31.1 Å². The number of hydrogen-bond acceptors (Lipinski definition) is 5. The predicted octanol–water partition coefficient (Wildman–Crippen LogP) is 2.25. The van der Waals surface area contributed by atoms with Crippen molar-refractivity contribution >= 4 is 12.0 Å². The zero-order chi connectivity index (χ0) is 18.4. The quantitative estimate of drug-likeness (QED) is 0.830. The van der Waals surface area contributed by atoms with Crippen LogP contribution in [-0.2, 0) is 16.1 Å². The Kier molecular flexibility index (Phi) is 6.07. The molecule has 25 heavy (non-hydrogen) atoms. The zero-order valence-corrected chi connectivity index (χ0v) is 15.2. The maximum Gasteiger partial charge on any atom is 0.410 e. The topological polar surface area (TPSA) is 84.7 Å². The number of rotatable bonds is 2. The van der Waals surface area contributed by atoms with Gasteiger partial charge < -0.3 is 19.5 Å². The van der Waals surface area contributed by atoms with Gasteiger partial charge in [0.25, 0.3) is 5.91 Å². The van der Waals surface area contributed by atoms with Gasteiger partial charge in [0.05, 0.1) is 6.54 Å². The molecule has 1 aliphatic rings. The molecule has 2 rings (SSSR count). The summed E-state index contributed by atoms with van der Waals surface area (Å²) in [4.78, 5) is 25.5. The average molecular weight is 347 g/mol. The number of carbonyl (C=O) groups excluding carboxylic acids is 2. The molecule has 0 atom stereocenters. The lowest BCUT2D eigenvalue weighted by Gasteiger charge is -2.31. The molecular weight excluding hydrogens is 322 g/mol. The van der Waals surface area contributed by atoms with E-state index in [4.69, 9.17) is 9.26 Å². The summed E-state index contributed by atoms with van der Waals surface area (Å²) >= 11 is 0. The number of aromatic nitrogens is 1. The van der Waals surface area contributed by atoms with E-state index >= 15 is 0 Å². The molecule has 0 unspecified atom stereocenters. The molecule has 2 amide bonds. The van der Waals surface area contributed by atoms with E-state index in [9.17, 15) is 9.59 Å². The van der Waals surface area contributed by atoms with Crippen LogP contribution in [0.3, 0.4) is 0 Å². The van der Waals surface area contributed by atoms with E-state index in [1.165, 1.54) is 0 Å². The van der Waals surface area contributed by atoms with E-state index in [-0.39, 0.29) is 17.9 Å². The second kappa shape index (κ2) is 8.06. The van der Waals surface area contributed by atoms with E-state index in [2.05, 4.69) is 22.3 Å². The maximum atomic E-state index is 12.0. The zero-order valence-electron chi connectivity index (χ0n) is 15.2. The molecule has 1 N–H and O–H groups in total. The van der Waals surface area contributed by atoms with Crippen LogP contribution in [0.5, 0.6) is 0 Å². The Bertz CT molecular complexity index is 670. The van der Waals surface area contributed by atoms with Crippen molar-refractivity contribution in [3.63, 3.8) is 0 Å². The number of amides is 2. The first kappa shape index (κ1) is 18.8. The van der Waals surface area contributed by atoms with Gasteiger partial charge in [-0.25, -0.2) is 4.79 Å². The minimum absolute atomic E-state index is 0.110. The van der Waals surface area contributed by atoms with Gasteiger partial charge in [-0.15, -0.1) is 0 Å². The van der Waals surface area contributed by atoms with Crippen molar-refractivity contribution in [2.24, 2.45) is 5.92 Å². The van der Waals surface area contributed by atoms with Gasteiger partial charge in [-0.05, 0) is 46.5 Å². The Morgan fingerprint density at radius 3 is 2.64 bits per heavy atom. The molecule has 0 saturated carbocycles. The van der Waals surface area contributed by atoms with Crippen LogP contribution in [0.1, 0.15) is 45.1 Å². The monoisotopic (exact) mass is 347 g/mol. The molecule has 1 aromatic heterocycles. The van der Waals surface area contributed by atoms with E-state index < -0.39 is 5.60 Å². The summed E-state index contributed by atoms with van der Waals surface area (Å²) in [6.07, 6.45) is 1.18. The number of ether oxygens (including phenoxy) is 1. The van der Waals surface area contributed by atoms with Crippen LogP contribution in [0.15, 0.2) is 10.6 Å². The third-order valence-electron chi connectivity index (χ3n) is 3.64. The van der Waals surface area contributed by atoms with E-state index in [1.807, 2.05) is 20.8 Å². The van der Waals surface area contributed by atoms with Crippen molar-refractivity contribution in [3.05, 3.63) is 17.5 Å². The van der Waals surface area contributed by atoms with Crippen molar-refractivity contribution in [2.75, 3.05) is 13.1 Å². The maximum absolute atomic E-state index is 12.0. The molecule has 7 nitrogen and oxygen atoms in total. The van der Waals surface area contributed by atoms with Gasteiger partial charge in [-0.3, -0.25) is 4.79 Å². The summed E-state index contributed by atoms with van der Waals surface area (Å²) < 4.78 is 10.3. The van der Waals surface area contributed by atoms with Gasteiger partial charge in [0.15, 0.2) is 0 Å². The summed E-state index contributed by atoms with van der Waals surface area (Å²) in [6, 6.07) is 1.76. The highest BCUT2D eigenvalue weighted by Gasteiger charge is 2.26. The van der Waals surface area contributed by atoms with Crippen LogP contribution < -0.4 is 5.32 Å². The van der Waals surface area contributed by atoms with Crippen LogP contribution in [0.4, 0.5) is 4.79 Å². The summed E-state index contributed by atoms with van der Waals surface area (Å²) in [6.45, 7) is 8.82. The van der Waals surface area contributed by atoms with Crippen LogP contribution in [0, 0.1) is 24.7 Å². The third kappa shape index (κ3) is 6.49. The normalized spacial score (nSPS) is 15.3. The van der Waals surface area contributed by atoms with Gasteiger partial charge in [0.2, 0.25) is 0 Å². The molecule has 1 aromatic rings. The first-order valence-corrected chi connectivity index (χ1v) is 8.42. The van der Waals surface area contributed by atoms with Crippen LogP contribution in [0.2, 0.25) is 0 Å². The summed E-state index contributed by atoms with van der Waals surface area (Å²) in [5, 5.41) is 6.49. The first-order valence-electron chi connectivity index (χ1n) is 8.42. The number of piperidine rings is 1. The number of hydrogen-bond donors (Lipinski definition) is 1. The fraction of sp³-hybridized carbons (Fsp3) is 0.611. The van der Waals surface area contributed by atoms with Crippen molar-refractivity contribution in [3.8, 4) is 11.8 Å². The highest BCUT2D eigenvalue weighted by Crippen LogP contribution is 2.19. The third-order valence-corrected chi connectivity index (χ3v) is 3.64. The molecule has 7 heteroatoms. The van der Waals surface area contributed by atoms with Crippen molar-refractivity contribution in [1.29, 1.82) is 0 Å². The van der Waals surface area contributed by atoms with Gasteiger partial charge in [-0.1, -0.05) is 11.1 Å². The molecule has 1 saturated heterocycles. The Hall–Kier alpha value is -2.49. The van der Waals surface area contributed by atoms with E-state index in [1.54, 1.807) is 17.9 Å². The van der Waals surface area contributed by atoms with Gasteiger partial charge in [0.1, 0.15) is 17.1 Å². The first-order chi connectivity index (χ1) is 11.7. The summed E-state index contributed by atoms with van der Waals surface area (Å²) in [5.41, 5.74) is 0.173. The second-order valence-corrected chi connectivity index (χ2v) is 7.12. The predicted molar refractivity (Wildman–Crippen MR) is 91.4 cm³/mol. The Labute approximate surface area is 148 Å². The Morgan fingerprint density at radius 1 is 1.40 bits per heavy atom. The minimum Gasteiger partial charge on any atom is -0.444 e. The highest BCUT2D eigenvalue weighted by atomic mass is 16.6. The van der Waals surface area contributed by atoms with E-state index in [0.717, 1.165) is 12.8 Å². The molecule has 2 heterocycles. The van der Waals surface area contributed by atoms with Gasteiger partial charge in [-0.2, -0.15) is 0 Å². The molecule has 136 valence electrons. The van der Waals surface area contributed by atoms with Crippen LogP contribution >= 0.6 is 0 Å². The molecule has 0 spiro atoms. The number of aryl methyl sites for hydroxylation is 1. The SMILES string of the molecule is Cc1cc(CNC(=O)C#CC2CCN(C(=O)OC(C)(C)C)CC2)no1. The molecule has 0 bridgehead atoms. The molecule has 1 aliphatic heterocycles. The molecule has 0 aliphatic carbocycles. The number of carbonyl (C=O) groups is 2. The summed E-state index contributed by atoms with van der Waals surface area (Å²) in [5.74, 6) is 6.08. The standard InChI is InChI=1S/C18H25N3O4/c1-13-11-15(20-25-13)12-19-16(22)6-5-14-7-9-21(10-8-14)17(23)24-18(2,3)4/h11,14H,7-10,12H2,1-4H3,(H,19,22). The number of nitrogens with one attached hydrogen (secondary N) is 1. The largest absolute Gasteiger partial charge is 0.444 e. The summed E-state index contributed by atoms with van der Waals surface area (Å²) in [7, 11) is 0. The molecule has 0 aromatic carbocycles. The fourth-order valence-electron chi connectivity index (χ4n) is 2.42. The fourth-order valence-corrected chi connectivity index (χ4v) is 2.42. The molecular formula is C18H25N3O4. The number of nitrogens with zero attached hydrogens (tertiary/aromatic N) is 2. The Balaban J connectivity index is 1.73. The molecule has 0 radical (unpaired) electrons. The highest BCUT2D eigenvalue weighted by molar-refractivity contribution is 5.93. The van der Waals surface area contributed by atoms with Crippen molar-refractivity contribution in [1.82, 2.24) is 15.4 Å². The van der Waals surface area contributed by atoms with Gasteiger partial charge >= 0.3 is 6.09 Å². The Morgan fingerprint density at radius 2 is 2.08 bits per heavy atom. The number of likely N-dealkylation sites (tertiary alicyclic amines) is 1. The molecule has 1 fully saturated rings. The van der Waals surface area contributed by atoms with Crippen LogP contribution in [-0.4, -0.2) is 40.7 Å².